The van der Waals surface area contributed by atoms with Crippen LogP contribution in [0.4, 0.5) is 0 Å². The van der Waals surface area contributed by atoms with Crippen LogP contribution in [-0.4, -0.2) is 36.7 Å². The maximum Gasteiger partial charge on any atom is 0.257 e. The first-order chi connectivity index (χ1) is 12.1. The Morgan fingerprint density at radius 1 is 1.27 bits per heavy atom. The summed E-state index contributed by atoms with van der Waals surface area (Å²) in [7, 11) is 0. The number of carbonyl (C=O) groups excluding carboxylic acids is 1. The van der Waals surface area contributed by atoms with Gasteiger partial charge in [0.05, 0.1) is 35.4 Å². The predicted molar refractivity (Wildman–Crippen MR) is 99.3 cm³/mol. The second-order valence-corrected chi connectivity index (χ2v) is 7.87. The molecule has 7 heteroatoms. The molecule has 3 heterocycles. The van der Waals surface area contributed by atoms with Gasteiger partial charge in [-0.1, -0.05) is 0 Å². The lowest BCUT2D eigenvalue weighted by molar-refractivity contribution is 0.0729. The average molecular weight is 357 g/mol. The summed E-state index contributed by atoms with van der Waals surface area (Å²) in [5, 5.41) is 4.58. The van der Waals surface area contributed by atoms with Crippen molar-refractivity contribution in [3.63, 3.8) is 0 Å². The number of fused-ring (bicyclic) bond motifs is 1. The van der Waals surface area contributed by atoms with E-state index in [1.165, 1.54) is 0 Å². The van der Waals surface area contributed by atoms with Gasteiger partial charge in [0, 0.05) is 24.3 Å². The van der Waals surface area contributed by atoms with Crippen molar-refractivity contribution in [2.45, 2.75) is 66.6 Å². The Balaban J connectivity index is 1.93. The molecule has 2 aromatic heterocycles. The van der Waals surface area contributed by atoms with Gasteiger partial charge < -0.3 is 4.90 Å². The van der Waals surface area contributed by atoms with Crippen LogP contribution >= 0.6 is 0 Å². The van der Waals surface area contributed by atoms with Crippen molar-refractivity contribution in [2.75, 3.05) is 6.54 Å². The van der Waals surface area contributed by atoms with Gasteiger partial charge in [0.25, 0.3) is 11.5 Å². The van der Waals surface area contributed by atoms with Gasteiger partial charge in [-0.3, -0.25) is 18.8 Å². The minimum atomic E-state index is -0.186. The fourth-order valence-electron chi connectivity index (χ4n) is 3.62. The molecule has 2 aromatic rings. The summed E-state index contributed by atoms with van der Waals surface area (Å²) in [6.45, 7) is 13.4. The smallest absolute Gasteiger partial charge is 0.257 e. The van der Waals surface area contributed by atoms with Crippen molar-refractivity contribution >= 4 is 5.91 Å². The van der Waals surface area contributed by atoms with Gasteiger partial charge in [-0.15, -0.1) is 0 Å². The van der Waals surface area contributed by atoms with Gasteiger partial charge in [0.15, 0.2) is 0 Å². The van der Waals surface area contributed by atoms with Crippen LogP contribution in [0.25, 0.3) is 0 Å². The molecule has 26 heavy (non-hydrogen) atoms. The molecule has 0 fully saturated rings. The van der Waals surface area contributed by atoms with E-state index in [-0.39, 0.29) is 17.0 Å². The highest BCUT2D eigenvalue weighted by Gasteiger charge is 2.30. The van der Waals surface area contributed by atoms with E-state index in [2.05, 4.69) is 30.9 Å². The lowest BCUT2D eigenvalue weighted by Crippen LogP contribution is -2.40. The Labute approximate surface area is 153 Å². The summed E-state index contributed by atoms with van der Waals surface area (Å²) >= 11 is 0. The number of amides is 1. The molecule has 0 N–H and O–H groups in total. The van der Waals surface area contributed by atoms with Gasteiger partial charge in [0.1, 0.15) is 0 Å². The van der Waals surface area contributed by atoms with Gasteiger partial charge in [-0.05, 0) is 48.0 Å². The normalized spacial score (nSPS) is 14.5. The highest BCUT2D eigenvalue weighted by atomic mass is 16.2. The van der Waals surface area contributed by atoms with E-state index in [1.54, 1.807) is 15.8 Å². The Bertz CT molecular complexity index is 917. The molecule has 1 amide bonds. The summed E-state index contributed by atoms with van der Waals surface area (Å²) in [5.41, 5.74) is 3.54. The molecular weight excluding hydrogens is 330 g/mol. The number of rotatable bonds is 2. The topological polar surface area (TPSA) is 73.0 Å². The summed E-state index contributed by atoms with van der Waals surface area (Å²) in [6, 6.07) is 0. The Morgan fingerprint density at radius 3 is 2.54 bits per heavy atom. The maximum atomic E-state index is 13.2. The highest BCUT2D eigenvalue weighted by Crippen LogP contribution is 2.24. The van der Waals surface area contributed by atoms with Crippen LogP contribution in [0, 0.1) is 13.8 Å². The van der Waals surface area contributed by atoms with E-state index < -0.39 is 0 Å². The molecule has 3 rings (SSSR count). The molecule has 1 aliphatic rings. The van der Waals surface area contributed by atoms with E-state index >= 15 is 0 Å². The largest absolute Gasteiger partial charge is 0.332 e. The van der Waals surface area contributed by atoms with E-state index in [4.69, 9.17) is 0 Å². The minimum Gasteiger partial charge on any atom is -0.332 e. The standard InChI is InChI=1S/C19H27N5O2/c1-7-22-11-20-15-10-23(9-8-14(15)17(22)25)18(26)16-12(2)21-24(13(16)3)19(4,5)6/h11H,7-10H2,1-6H3. The molecule has 0 radical (unpaired) electrons. The fourth-order valence-corrected chi connectivity index (χ4v) is 3.62. The van der Waals surface area contributed by atoms with Gasteiger partial charge in [-0.25, -0.2) is 4.98 Å². The molecule has 7 nitrogen and oxygen atoms in total. The summed E-state index contributed by atoms with van der Waals surface area (Å²) in [4.78, 5) is 31.8. The third-order valence-electron chi connectivity index (χ3n) is 4.96. The first kappa shape index (κ1) is 18.4. The lowest BCUT2D eigenvalue weighted by atomic mass is 10.0. The molecule has 0 aliphatic carbocycles. The van der Waals surface area contributed by atoms with Crippen LogP contribution in [0.5, 0.6) is 0 Å². The second-order valence-electron chi connectivity index (χ2n) is 7.87. The van der Waals surface area contributed by atoms with Gasteiger partial charge >= 0.3 is 0 Å². The van der Waals surface area contributed by atoms with Crippen LogP contribution in [-0.2, 0) is 25.0 Å². The van der Waals surface area contributed by atoms with Crippen molar-refractivity contribution in [3.8, 4) is 0 Å². The van der Waals surface area contributed by atoms with Crippen LogP contribution in [0.1, 0.15) is 60.7 Å². The minimum absolute atomic E-state index is 0.0116. The number of nitrogens with zero attached hydrogens (tertiary/aromatic N) is 5. The Kier molecular flexibility index (Phi) is 4.50. The Hall–Kier alpha value is -2.44. The fraction of sp³-hybridized carbons (Fsp3) is 0.579. The Morgan fingerprint density at radius 2 is 1.96 bits per heavy atom. The van der Waals surface area contributed by atoms with Crippen molar-refractivity contribution in [2.24, 2.45) is 0 Å². The lowest BCUT2D eigenvalue weighted by Gasteiger charge is -2.28. The number of hydrogen-bond acceptors (Lipinski definition) is 4. The zero-order valence-electron chi connectivity index (χ0n) is 16.5. The van der Waals surface area contributed by atoms with Gasteiger partial charge in [0.2, 0.25) is 0 Å². The molecule has 0 saturated heterocycles. The third kappa shape index (κ3) is 2.95. The van der Waals surface area contributed by atoms with Crippen molar-refractivity contribution in [1.82, 2.24) is 24.2 Å². The SMILES string of the molecule is CCn1cnc2c(c1=O)CCN(C(=O)c1c(C)nn(C(C)(C)C)c1C)C2. The first-order valence-electron chi connectivity index (χ1n) is 9.08. The second kappa shape index (κ2) is 6.37. The van der Waals surface area contributed by atoms with Crippen LogP contribution < -0.4 is 5.56 Å². The quantitative estimate of drug-likeness (QED) is 0.824. The molecule has 0 bridgehead atoms. The van der Waals surface area contributed by atoms with E-state index in [9.17, 15) is 9.59 Å². The molecule has 1 aliphatic heterocycles. The van der Waals surface area contributed by atoms with Crippen molar-refractivity contribution < 1.29 is 4.79 Å². The third-order valence-corrected chi connectivity index (χ3v) is 4.96. The van der Waals surface area contributed by atoms with Crippen LogP contribution in [0.15, 0.2) is 11.1 Å². The maximum absolute atomic E-state index is 13.2. The molecule has 140 valence electrons. The first-order valence-corrected chi connectivity index (χ1v) is 9.08. The van der Waals surface area contributed by atoms with Crippen molar-refractivity contribution in [1.29, 1.82) is 0 Å². The van der Waals surface area contributed by atoms with Crippen LogP contribution in [0.2, 0.25) is 0 Å². The summed E-state index contributed by atoms with van der Waals surface area (Å²) in [5.74, 6) is -0.0392. The van der Waals surface area contributed by atoms with Gasteiger partial charge in [-0.2, -0.15) is 5.10 Å². The molecular formula is C19H27N5O2. The van der Waals surface area contributed by atoms with E-state index in [1.807, 2.05) is 25.5 Å². The molecule has 0 aromatic carbocycles. The van der Waals surface area contributed by atoms with E-state index in [0.717, 1.165) is 17.0 Å². The predicted octanol–water partition coefficient (Wildman–Crippen LogP) is 2.03. The molecule has 0 spiro atoms. The molecule has 0 unspecified atom stereocenters. The number of aryl methyl sites for hydroxylation is 2. The zero-order valence-corrected chi connectivity index (χ0v) is 16.5. The number of aromatic nitrogens is 4. The highest BCUT2D eigenvalue weighted by molar-refractivity contribution is 5.96. The van der Waals surface area contributed by atoms with Crippen molar-refractivity contribution in [3.05, 3.63) is 44.9 Å². The summed E-state index contributed by atoms with van der Waals surface area (Å²) < 4.78 is 3.52. The number of carbonyl (C=O) groups is 1. The summed E-state index contributed by atoms with van der Waals surface area (Å²) in [6.07, 6.45) is 2.11. The van der Waals surface area contributed by atoms with E-state index in [0.29, 0.717) is 37.3 Å². The molecule has 0 atom stereocenters. The number of hydrogen-bond donors (Lipinski definition) is 0. The van der Waals surface area contributed by atoms with Crippen LogP contribution in [0.3, 0.4) is 0 Å². The molecule has 0 saturated carbocycles. The monoisotopic (exact) mass is 357 g/mol. The average Bonchev–Trinajstić information content (AvgIpc) is 2.89. The zero-order chi connectivity index (χ0) is 19.2.